The zero-order chi connectivity index (χ0) is 22.8. The fourth-order valence-corrected chi connectivity index (χ4v) is 5.15. The molecule has 1 aromatic carbocycles. The lowest BCUT2D eigenvalue weighted by Crippen LogP contribution is -2.58. The van der Waals surface area contributed by atoms with Gasteiger partial charge in [0, 0.05) is 23.5 Å². The lowest BCUT2D eigenvalue weighted by atomic mass is 9.93. The molecular weight excluding hydrogens is 410 g/mol. The van der Waals surface area contributed by atoms with E-state index in [9.17, 15) is 19.5 Å². The van der Waals surface area contributed by atoms with Crippen LogP contribution in [0.25, 0.3) is 10.9 Å². The predicted molar refractivity (Wildman–Crippen MR) is 119 cm³/mol. The number of amides is 3. The molecule has 2 aromatic rings. The summed E-state index contributed by atoms with van der Waals surface area (Å²) in [5.41, 5.74) is 7.14. The van der Waals surface area contributed by atoms with Crippen molar-refractivity contribution >= 4 is 28.6 Å². The number of nitrogens with two attached hydrogens (primary N) is 1. The quantitative estimate of drug-likeness (QED) is 0.339. The number of primary amides is 1. The number of rotatable bonds is 8. The smallest absolute Gasteiger partial charge is 0.243 e. The van der Waals surface area contributed by atoms with Crippen LogP contribution in [-0.2, 0) is 20.8 Å². The maximum Gasteiger partial charge on any atom is 0.243 e. The molecule has 1 saturated carbocycles. The molecule has 0 radical (unpaired) electrons. The highest BCUT2D eigenvalue weighted by Crippen LogP contribution is 2.37. The average molecular weight is 442 g/mol. The zero-order valence-corrected chi connectivity index (χ0v) is 18.1. The molecule has 1 unspecified atom stereocenters. The molecule has 7 N–H and O–H groups in total. The summed E-state index contributed by atoms with van der Waals surface area (Å²) in [6, 6.07) is 5.21. The number of benzene rings is 1. The van der Waals surface area contributed by atoms with Crippen molar-refractivity contribution in [1.82, 2.24) is 20.9 Å². The van der Waals surface area contributed by atoms with Crippen LogP contribution in [0.2, 0.25) is 0 Å². The van der Waals surface area contributed by atoms with Crippen molar-refractivity contribution in [2.75, 3.05) is 6.54 Å². The Morgan fingerprint density at radius 3 is 2.75 bits per heavy atom. The van der Waals surface area contributed by atoms with Crippen molar-refractivity contribution in [3.05, 3.63) is 36.0 Å². The molecule has 1 saturated heterocycles. The van der Waals surface area contributed by atoms with E-state index in [-0.39, 0.29) is 24.3 Å². The molecule has 4 rings (SSSR count). The van der Waals surface area contributed by atoms with Crippen LogP contribution in [-0.4, -0.2) is 58.6 Å². The van der Waals surface area contributed by atoms with Gasteiger partial charge in [0.25, 0.3) is 0 Å². The van der Waals surface area contributed by atoms with E-state index in [0.717, 1.165) is 42.3 Å². The highest BCUT2D eigenvalue weighted by atomic mass is 16.3. The fourth-order valence-electron chi connectivity index (χ4n) is 5.15. The number of hydrogen-bond acceptors (Lipinski definition) is 5. The van der Waals surface area contributed by atoms with E-state index in [2.05, 4.69) is 20.9 Å². The number of aromatic nitrogens is 1. The van der Waals surface area contributed by atoms with Crippen molar-refractivity contribution < 1.29 is 19.5 Å². The van der Waals surface area contributed by atoms with Gasteiger partial charge in [0.2, 0.25) is 17.7 Å². The molecule has 6 atom stereocenters. The molecular formula is C23H31N5O4. The first-order valence-electron chi connectivity index (χ1n) is 11.2. The Balaban J connectivity index is 1.55. The number of H-pyrrole nitrogens is 1. The van der Waals surface area contributed by atoms with Gasteiger partial charge in [-0.2, -0.15) is 0 Å². The number of hydrogen-bond donors (Lipinski definition) is 6. The SMILES string of the molecule is C[C@@H](O)[C@H](NC(=O)C(Cc1c[nH]c2ccccc12)NC(=O)[C@H]1NC[C@@H]2CCC[C@@H]21)C(N)=O. The second kappa shape index (κ2) is 9.30. The molecule has 172 valence electrons. The van der Waals surface area contributed by atoms with Crippen LogP contribution in [0.1, 0.15) is 31.7 Å². The van der Waals surface area contributed by atoms with E-state index >= 15 is 0 Å². The van der Waals surface area contributed by atoms with Gasteiger partial charge in [-0.1, -0.05) is 24.6 Å². The van der Waals surface area contributed by atoms with Gasteiger partial charge in [-0.3, -0.25) is 14.4 Å². The first-order chi connectivity index (χ1) is 15.3. The van der Waals surface area contributed by atoms with Crippen LogP contribution in [0.4, 0.5) is 0 Å². The number of aliphatic hydroxyl groups excluding tert-OH is 1. The lowest BCUT2D eigenvalue weighted by molar-refractivity contribution is -0.133. The van der Waals surface area contributed by atoms with Gasteiger partial charge < -0.3 is 31.8 Å². The average Bonchev–Trinajstić information content (AvgIpc) is 3.46. The van der Waals surface area contributed by atoms with E-state index in [1.165, 1.54) is 6.92 Å². The van der Waals surface area contributed by atoms with Gasteiger partial charge in [-0.05, 0) is 49.8 Å². The molecule has 2 heterocycles. The summed E-state index contributed by atoms with van der Waals surface area (Å²) < 4.78 is 0. The predicted octanol–water partition coefficient (Wildman–Crippen LogP) is -0.0658. The van der Waals surface area contributed by atoms with E-state index in [4.69, 9.17) is 5.73 Å². The summed E-state index contributed by atoms with van der Waals surface area (Å²) >= 11 is 0. The normalized spacial score (nSPS) is 25.1. The second-order valence-corrected chi connectivity index (χ2v) is 8.99. The van der Waals surface area contributed by atoms with E-state index < -0.39 is 30.0 Å². The van der Waals surface area contributed by atoms with Crippen molar-refractivity contribution in [2.45, 2.75) is 56.8 Å². The molecule has 2 fully saturated rings. The minimum absolute atomic E-state index is 0.216. The third kappa shape index (κ3) is 4.49. The molecule has 2 aliphatic rings. The van der Waals surface area contributed by atoms with Gasteiger partial charge in [-0.15, -0.1) is 0 Å². The third-order valence-corrected chi connectivity index (χ3v) is 6.85. The van der Waals surface area contributed by atoms with Crippen LogP contribution in [0, 0.1) is 11.8 Å². The topological polar surface area (TPSA) is 149 Å². The maximum absolute atomic E-state index is 13.1. The minimum Gasteiger partial charge on any atom is -0.391 e. The number of nitrogens with one attached hydrogen (secondary N) is 4. The van der Waals surface area contributed by atoms with Gasteiger partial charge in [0.15, 0.2) is 0 Å². The molecule has 0 spiro atoms. The Morgan fingerprint density at radius 1 is 1.22 bits per heavy atom. The van der Waals surface area contributed by atoms with Gasteiger partial charge in [-0.25, -0.2) is 0 Å². The summed E-state index contributed by atoms with van der Waals surface area (Å²) in [5.74, 6) is -0.832. The highest BCUT2D eigenvalue weighted by Gasteiger charge is 2.43. The fraction of sp³-hybridized carbons (Fsp3) is 0.522. The van der Waals surface area contributed by atoms with Crippen molar-refractivity contribution in [3.63, 3.8) is 0 Å². The maximum atomic E-state index is 13.1. The number of aliphatic hydroxyl groups is 1. The number of aromatic amines is 1. The monoisotopic (exact) mass is 441 g/mol. The Kier molecular flexibility index (Phi) is 6.48. The van der Waals surface area contributed by atoms with E-state index in [1.807, 2.05) is 30.5 Å². The molecule has 0 bridgehead atoms. The van der Waals surface area contributed by atoms with Crippen LogP contribution < -0.4 is 21.7 Å². The summed E-state index contributed by atoms with van der Waals surface area (Å²) in [6.07, 6.45) is 4.13. The van der Waals surface area contributed by atoms with E-state index in [1.54, 1.807) is 0 Å². The third-order valence-electron chi connectivity index (χ3n) is 6.85. The molecule has 32 heavy (non-hydrogen) atoms. The zero-order valence-electron chi connectivity index (χ0n) is 18.1. The summed E-state index contributed by atoms with van der Waals surface area (Å²) in [4.78, 5) is 41.1. The molecule has 9 heteroatoms. The lowest BCUT2D eigenvalue weighted by Gasteiger charge is -2.25. The van der Waals surface area contributed by atoms with Gasteiger partial charge in [0.1, 0.15) is 12.1 Å². The van der Waals surface area contributed by atoms with Crippen LogP contribution in [0.3, 0.4) is 0 Å². The highest BCUT2D eigenvalue weighted by molar-refractivity contribution is 5.94. The van der Waals surface area contributed by atoms with Gasteiger partial charge in [0.05, 0.1) is 12.1 Å². The Morgan fingerprint density at radius 2 is 2.00 bits per heavy atom. The summed E-state index contributed by atoms with van der Waals surface area (Å²) in [6.45, 7) is 2.19. The van der Waals surface area contributed by atoms with Crippen LogP contribution in [0.5, 0.6) is 0 Å². The van der Waals surface area contributed by atoms with Crippen LogP contribution in [0.15, 0.2) is 30.5 Å². The second-order valence-electron chi connectivity index (χ2n) is 8.99. The standard InChI is InChI=1S/C23H31N5O4/c1-12(29)19(21(24)30)28-22(31)18(9-14-11-25-17-8-3-2-6-15(14)17)27-23(32)20-16-7-4-5-13(16)10-26-20/h2-3,6,8,11-13,16,18-20,25-26,29H,4-5,7,9-10H2,1H3,(H2,24,30)(H,27,32)(H,28,31)/t12-,13+,16+,18?,19+,20+/m1/s1. The number of carbonyl (C=O) groups excluding carboxylic acids is 3. The van der Waals surface area contributed by atoms with Crippen LogP contribution >= 0.6 is 0 Å². The molecule has 9 nitrogen and oxygen atoms in total. The Hall–Kier alpha value is -2.91. The number of para-hydroxylation sites is 1. The van der Waals surface area contributed by atoms with Crippen molar-refractivity contribution in [3.8, 4) is 0 Å². The van der Waals surface area contributed by atoms with Crippen molar-refractivity contribution in [1.29, 1.82) is 0 Å². The number of fused-ring (bicyclic) bond motifs is 2. The largest absolute Gasteiger partial charge is 0.391 e. The van der Waals surface area contributed by atoms with E-state index in [0.29, 0.717) is 5.92 Å². The first-order valence-corrected chi connectivity index (χ1v) is 11.2. The van der Waals surface area contributed by atoms with Gasteiger partial charge >= 0.3 is 0 Å². The summed E-state index contributed by atoms with van der Waals surface area (Å²) in [5, 5.41) is 19.5. The molecule has 1 aliphatic carbocycles. The summed E-state index contributed by atoms with van der Waals surface area (Å²) in [7, 11) is 0. The Bertz CT molecular complexity index is 1000. The van der Waals surface area contributed by atoms with Crippen molar-refractivity contribution in [2.24, 2.45) is 17.6 Å². The molecule has 3 amide bonds. The Labute approximate surface area is 186 Å². The molecule has 1 aliphatic heterocycles. The molecule has 1 aromatic heterocycles. The first kappa shape index (κ1) is 22.3. The number of carbonyl (C=O) groups is 3. The minimum atomic E-state index is -1.24.